The lowest BCUT2D eigenvalue weighted by molar-refractivity contribution is 0.0801. The second-order valence-electron chi connectivity index (χ2n) is 8.91. The maximum atomic E-state index is 13.4. The van der Waals surface area contributed by atoms with E-state index < -0.39 is 5.82 Å². The number of alkyl halides is 1. The third-order valence-corrected chi connectivity index (χ3v) is 7.41. The Morgan fingerprint density at radius 3 is 2.51 bits per heavy atom. The molecule has 7 heteroatoms. The van der Waals surface area contributed by atoms with Crippen molar-refractivity contribution in [2.75, 3.05) is 26.3 Å². The number of halogens is 2. The number of nitrogens with zero attached hydrogens (tertiary/aromatic N) is 1. The molecule has 0 unspecified atom stereocenters. The van der Waals surface area contributed by atoms with Gasteiger partial charge in [0.05, 0.1) is 6.67 Å². The first-order valence-corrected chi connectivity index (χ1v) is 12.4. The van der Waals surface area contributed by atoms with Crippen molar-refractivity contribution in [2.45, 2.75) is 12.8 Å². The van der Waals surface area contributed by atoms with Gasteiger partial charge in [-0.25, -0.2) is 4.39 Å². The third kappa shape index (κ3) is 5.21. The molecule has 1 aliphatic heterocycles. The fourth-order valence-corrected chi connectivity index (χ4v) is 5.48. The van der Waals surface area contributed by atoms with Gasteiger partial charge in [0.15, 0.2) is 5.75 Å². The number of fused-ring (bicyclic) bond motifs is 1. The topological polar surface area (TPSA) is 49.8 Å². The van der Waals surface area contributed by atoms with Crippen LogP contribution in [0.3, 0.4) is 0 Å². The molecule has 0 amide bonds. The van der Waals surface area contributed by atoms with Gasteiger partial charge in [-0.1, -0.05) is 12.1 Å². The van der Waals surface area contributed by atoms with Crippen LogP contribution in [0.25, 0.3) is 10.1 Å². The van der Waals surface area contributed by atoms with Crippen LogP contribution in [0.5, 0.6) is 17.2 Å². The predicted octanol–water partition coefficient (Wildman–Crippen LogP) is 6.60. The molecule has 0 aliphatic carbocycles. The highest BCUT2D eigenvalue weighted by atomic mass is 32.1. The van der Waals surface area contributed by atoms with Crippen molar-refractivity contribution >= 4 is 27.2 Å². The van der Waals surface area contributed by atoms with Gasteiger partial charge >= 0.3 is 0 Å². The standard InChI is InChI=1S/C28H25F2NO3S/c29-15-19-16-31(17-19)13-1-2-18-3-10-23(11-4-18)34-27-24-12-9-22(32)14-25(24)35-28(27)26(33)20-5-7-21(30)8-6-20/h3-12,14,19,32H,1-2,13,15-17H2. The minimum absolute atomic E-state index is 0.105. The Morgan fingerprint density at radius 1 is 1.06 bits per heavy atom. The number of benzene rings is 3. The Bertz CT molecular complexity index is 1330. The molecule has 0 radical (unpaired) electrons. The number of aryl methyl sites for hydroxylation is 1. The second-order valence-corrected chi connectivity index (χ2v) is 9.96. The van der Waals surface area contributed by atoms with E-state index in [1.165, 1.54) is 41.2 Å². The van der Waals surface area contributed by atoms with Gasteiger partial charge in [0.1, 0.15) is 22.2 Å². The fourth-order valence-electron chi connectivity index (χ4n) is 4.35. The Balaban J connectivity index is 1.33. The molecule has 1 saturated heterocycles. The number of thiophene rings is 1. The summed E-state index contributed by atoms with van der Waals surface area (Å²) in [6.45, 7) is 2.45. The summed E-state index contributed by atoms with van der Waals surface area (Å²) in [5.41, 5.74) is 1.55. The molecule has 0 saturated carbocycles. The Labute approximate surface area is 206 Å². The first kappa shape index (κ1) is 23.5. The molecule has 1 fully saturated rings. The van der Waals surface area contributed by atoms with Crippen LogP contribution in [0.1, 0.15) is 27.2 Å². The highest BCUT2D eigenvalue weighted by Crippen LogP contribution is 2.42. The van der Waals surface area contributed by atoms with Gasteiger partial charge in [-0.2, -0.15) is 0 Å². The van der Waals surface area contributed by atoms with E-state index in [2.05, 4.69) is 4.90 Å². The lowest BCUT2D eigenvalue weighted by Crippen LogP contribution is -2.47. The van der Waals surface area contributed by atoms with Crippen LogP contribution in [-0.2, 0) is 6.42 Å². The molecule has 3 aromatic carbocycles. The number of ketones is 1. The molecule has 4 aromatic rings. The third-order valence-electron chi connectivity index (χ3n) is 6.27. The Kier molecular flexibility index (Phi) is 6.79. The summed E-state index contributed by atoms with van der Waals surface area (Å²) < 4.78 is 32.9. The van der Waals surface area contributed by atoms with Gasteiger partial charge in [-0.15, -0.1) is 11.3 Å². The van der Waals surface area contributed by atoms with Gasteiger partial charge < -0.3 is 14.7 Å². The fraction of sp³-hybridized carbons (Fsp3) is 0.250. The molecule has 1 aromatic heterocycles. The molecule has 35 heavy (non-hydrogen) atoms. The zero-order valence-corrected chi connectivity index (χ0v) is 19.9. The smallest absolute Gasteiger partial charge is 0.206 e. The molecular formula is C28H25F2NO3S. The highest BCUT2D eigenvalue weighted by Gasteiger charge is 2.25. The lowest BCUT2D eigenvalue weighted by Gasteiger charge is -2.37. The number of ether oxygens (including phenoxy) is 1. The SMILES string of the molecule is O=C(c1ccc(F)cc1)c1sc2cc(O)ccc2c1Oc1ccc(CCCN2CC(CF)C2)cc1. The van der Waals surface area contributed by atoms with E-state index >= 15 is 0 Å². The molecular weight excluding hydrogens is 468 g/mol. The van der Waals surface area contributed by atoms with Crippen LogP contribution in [0.15, 0.2) is 66.7 Å². The number of phenolic OH excluding ortho intramolecular Hbond substituents is 1. The molecule has 1 N–H and O–H groups in total. The summed E-state index contributed by atoms with van der Waals surface area (Å²) in [6.07, 6.45) is 1.93. The van der Waals surface area contributed by atoms with E-state index in [9.17, 15) is 18.7 Å². The molecule has 0 atom stereocenters. The number of hydrogen-bond donors (Lipinski definition) is 1. The van der Waals surface area contributed by atoms with Crippen molar-refractivity contribution in [3.8, 4) is 17.2 Å². The maximum absolute atomic E-state index is 13.4. The van der Waals surface area contributed by atoms with Crippen molar-refractivity contribution in [3.63, 3.8) is 0 Å². The monoisotopic (exact) mass is 493 g/mol. The van der Waals surface area contributed by atoms with Gasteiger partial charge in [0, 0.05) is 34.7 Å². The maximum Gasteiger partial charge on any atom is 0.206 e. The zero-order valence-electron chi connectivity index (χ0n) is 19.0. The number of phenols is 1. The number of rotatable bonds is 9. The van der Waals surface area contributed by atoms with Gasteiger partial charge in [0.25, 0.3) is 0 Å². The van der Waals surface area contributed by atoms with Crippen molar-refractivity contribution in [1.82, 2.24) is 4.90 Å². The summed E-state index contributed by atoms with van der Waals surface area (Å²) in [7, 11) is 0. The molecule has 180 valence electrons. The first-order valence-electron chi connectivity index (χ1n) is 11.6. The molecule has 0 spiro atoms. The lowest BCUT2D eigenvalue weighted by atomic mass is 10.0. The quantitative estimate of drug-likeness (QED) is 0.267. The van der Waals surface area contributed by atoms with Gasteiger partial charge in [-0.3, -0.25) is 9.18 Å². The van der Waals surface area contributed by atoms with E-state index in [0.29, 0.717) is 21.9 Å². The predicted molar refractivity (Wildman–Crippen MR) is 134 cm³/mol. The summed E-state index contributed by atoms with van der Waals surface area (Å²) >= 11 is 1.23. The normalized spacial score (nSPS) is 14.2. The average molecular weight is 494 g/mol. The van der Waals surface area contributed by atoms with Gasteiger partial charge in [-0.05, 0) is 79.5 Å². The van der Waals surface area contributed by atoms with E-state index in [1.54, 1.807) is 18.2 Å². The highest BCUT2D eigenvalue weighted by molar-refractivity contribution is 7.21. The molecule has 1 aliphatic rings. The van der Waals surface area contributed by atoms with Crippen molar-refractivity contribution in [3.05, 3.63) is 88.6 Å². The Morgan fingerprint density at radius 2 is 1.80 bits per heavy atom. The van der Waals surface area contributed by atoms with Crippen LogP contribution >= 0.6 is 11.3 Å². The van der Waals surface area contributed by atoms with Gasteiger partial charge in [0.2, 0.25) is 5.78 Å². The first-order chi connectivity index (χ1) is 17.0. The van der Waals surface area contributed by atoms with E-state index in [0.717, 1.165) is 42.6 Å². The summed E-state index contributed by atoms with van der Waals surface area (Å²) in [5.74, 6) is 0.666. The minimum Gasteiger partial charge on any atom is -0.508 e. The summed E-state index contributed by atoms with van der Waals surface area (Å²) in [5, 5.41) is 10.6. The molecule has 5 rings (SSSR count). The second kappa shape index (κ2) is 10.1. The number of likely N-dealkylation sites (tertiary alicyclic amines) is 1. The van der Waals surface area contributed by atoms with Crippen LogP contribution < -0.4 is 4.74 Å². The molecule has 4 nitrogen and oxygen atoms in total. The van der Waals surface area contributed by atoms with Crippen molar-refractivity contribution in [1.29, 1.82) is 0 Å². The average Bonchev–Trinajstić information content (AvgIpc) is 3.18. The number of carbonyl (C=O) groups excluding carboxylic acids is 1. The number of hydrogen-bond acceptors (Lipinski definition) is 5. The zero-order chi connectivity index (χ0) is 24.4. The van der Waals surface area contributed by atoms with E-state index in [-0.39, 0.29) is 24.1 Å². The molecule has 2 heterocycles. The van der Waals surface area contributed by atoms with Crippen LogP contribution in [0.2, 0.25) is 0 Å². The summed E-state index contributed by atoms with van der Waals surface area (Å²) in [6, 6.07) is 18.1. The van der Waals surface area contributed by atoms with Crippen molar-refractivity contribution in [2.24, 2.45) is 5.92 Å². The minimum atomic E-state index is -0.409. The van der Waals surface area contributed by atoms with Crippen LogP contribution in [0, 0.1) is 11.7 Å². The van der Waals surface area contributed by atoms with Crippen molar-refractivity contribution < 1.29 is 23.4 Å². The van der Waals surface area contributed by atoms with E-state index in [1.807, 2.05) is 24.3 Å². The largest absolute Gasteiger partial charge is 0.508 e. The number of aromatic hydroxyl groups is 1. The molecule has 0 bridgehead atoms. The van der Waals surface area contributed by atoms with Crippen LogP contribution in [0.4, 0.5) is 8.78 Å². The number of carbonyl (C=O) groups is 1. The Hall–Kier alpha value is -3.29. The van der Waals surface area contributed by atoms with Crippen LogP contribution in [-0.4, -0.2) is 42.1 Å². The summed E-state index contributed by atoms with van der Waals surface area (Å²) in [4.78, 5) is 15.9. The van der Waals surface area contributed by atoms with E-state index in [4.69, 9.17) is 4.74 Å².